The Morgan fingerprint density at radius 1 is 1.09 bits per heavy atom. The molecule has 0 bridgehead atoms. The number of nitrogens with zero attached hydrogens (tertiary/aromatic N) is 2. The standard InChI is InChI=1S/C26H26N4O4/c1-33-22-8-3-7-20(16-22)25(32)28-12-13-30-24(31)17-21(29-26(30)27)11-10-18-5-2-6-19(15-18)23-9-4-14-34-23/h2-9,14-17H,10-13H2,1H3,(H2,27,29)(H,28,32). The minimum absolute atomic E-state index is 0.127. The monoisotopic (exact) mass is 458 g/mol. The average Bonchev–Trinajstić information content (AvgIpc) is 3.40. The number of benzene rings is 2. The highest BCUT2D eigenvalue weighted by molar-refractivity contribution is 5.94. The number of rotatable bonds is 9. The summed E-state index contributed by atoms with van der Waals surface area (Å²) in [5, 5.41) is 2.79. The molecule has 0 fully saturated rings. The fourth-order valence-electron chi connectivity index (χ4n) is 3.67. The third-order valence-electron chi connectivity index (χ3n) is 5.45. The number of amides is 1. The SMILES string of the molecule is COc1cccc(C(=O)NCCn2c(N)nc(CCc3cccc(-c4ccco4)c3)cc2=O)c1. The fourth-order valence-corrected chi connectivity index (χ4v) is 3.67. The van der Waals surface area contributed by atoms with Gasteiger partial charge >= 0.3 is 0 Å². The van der Waals surface area contributed by atoms with Crippen LogP contribution in [0.4, 0.5) is 5.95 Å². The molecule has 1 amide bonds. The lowest BCUT2D eigenvalue weighted by Crippen LogP contribution is -2.32. The van der Waals surface area contributed by atoms with Crippen LogP contribution in [0.15, 0.2) is 82.2 Å². The number of aryl methyl sites for hydroxylation is 2. The predicted octanol–water partition coefficient (Wildman–Crippen LogP) is 3.31. The first-order valence-corrected chi connectivity index (χ1v) is 10.9. The lowest BCUT2D eigenvalue weighted by Gasteiger charge is -2.11. The summed E-state index contributed by atoms with van der Waals surface area (Å²) in [4.78, 5) is 29.3. The summed E-state index contributed by atoms with van der Waals surface area (Å²) >= 11 is 0. The summed E-state index contributed by atoms with van der Waals surface area (Å²) < 4.78 is 12.0. The van der Waals surface area contributed by atoms with Gasteiger partial charge in [0.1, 0.15) is 11.5 Å². The van der Waals surface area contributed by atoms with Crippen LogP contribution in [-0.4, -0.2) is 29.1 Å². The fraction of sp³-hybridized carbons (Fsp3) is 0.192. The molecule has 0 radical (unpaired) electrons. The Kier molecular flexibility index (Phi) is 7.07. The van der Waals surface area contributed by atoms with Crippen LogP contribution in [0.5, 0.6) is 5.75 Å². The molecule has 0 atom stereocenters. The van der Waals surface area contributed by atoms with E-state index >= 15 is 0 Å². The number of nitrogens with one attached hydrogen (secondary N) is 1. The highest BCUT2D eigenvalue weighted by Gasteiger charge is 2.10. The molecule has 8 heteroatoms. The number of methoxy groups -OCH3 is 1. The zero-order valence-electron chi connectivity index (χ0n) is 18.9. The van der Waals surface area contributed by atoms with Gasteiger partial charge in [-0.05, 0) is 54.8 Å². The molecule has 0 saturated carbocycles. The third kappa shape index (κ3) is 5.53. The van der Waals surface area contributed by atoms with E-state index in [0.29, 0.717) is 29.8 Å². The molecule has 0 aliphatic carbocycles. The first-order chi connectivity index (χ1) is 16.5. The maximum absolute atomic E-state index is 12.6. The molecule has 34 heavy (non-hydrogen) atoms. The maximum atomic E-state index is 12.6. The van der Waals surface area contributed by atoms with E-state index in [9.17, 15) is 9.59 Å². The number of hydrogen-bond donors (Lipinski definition) is 2. The van der Waals surface area contributed by atoms with Crippen molar-refractivity contribution >= 4 is 11.9 Å². The van der Waals surface area contributed by atoms with Gasteiger partial charge in [0, 0.05) is 30.3 Å². The normalized spacial score (nSPS) is 10.7. The molecule has 4 rings (SSSR count). The zero-order valence-corrected chi connectivity index (χ0v) is 18.9. The molecule has 2 aromatic carbocycles. The quantitative estimate of drug-likeness (QED) is 0.398. The van der Waals surface area contributed by atoms with Crippen LogP contribution >= 0.6 is 0 Å². The van der Waals surface area contributed by atoms with Crippen molar-refractivity contribution in [2.45, 2.75) is 19.4 Å². The molecule has 0 spiro atoms. The van der Waals surface area contributed by atoms with Gasteiger partial charge < -0.3 is 20.2 Å². The summed E-state index contributed by atoms with van der Waals surface area (Å²) in [6.45, 7) is 0.458. The first-order valence-electron chi connectivity index (χ1n) is 10.9. The first kappa shape index (κ1) is 22.8. The van der Waals surface area contributed by atoms with Crippen molar-refractivity contribution in [3.8, 4) is 17.1 Å². The molecule has 8 nitrogen and oxygen atoms in total. The summed E-state index contributed by atoms with van der Waals surface area (Å²) in [6, 6.07) is 20.2. The Labute approximate surface area is 197 Å². The van der Waals surface area contributed by atoms with Crippen molar-refractivity contribution in [3.05, 3.63) is 100 Å². The summed E-state index contributed by atoms with van der Waals surface area (Å²) in [6.07, 6.45) is 2.93. The van der Waals surface area contributed by atoms with Crippen LogP contribution < -0.4 is 21.3 Å². The van der Waals surface area contributed by atoms with Gasteiger partial charge in [-0.25, -0.2) is 4.98 Å². The largest absolute Gasteiger partial charge is 0.497 e. The smallest absolute Gasteiger partial charge is 0.255 e. The van der Waals surface area contributed by atoms with E-state index in [-0.39, 0.29) is 30.5 Å². The zero-order chi connectivity index (χ0) is 23.9. The van der Waals surface area contributed by atoms with Crippen molar-refractivity contribution in [2.24, 2.45) is 0 Å². The Balaban J connectivity index is 1.35. The van der Waals surface area contributed by atoms with Crippen LogP contribution in [-0.2, 0) is 19.4 Å². The van der Waals surface area contributed by atoms with E-state index in [4.69, 9.17) is 14.9 Å². The lowest BCUT2D eigenvalue weighted by molar-refractivity contribution is 0.0952. The van der Waals surface area contributed by atoms with Crippen molar-refractivity contribution < 1.29 is 13.9 Å². The molecule has 0 unspecified atom stereocenters. The van der Waals surface area contributed by atoms with E-state index < -0.39 is 0 Å². The van der Waals surface area contributed by atoms with Gasteiger partial charge in [0.2, 0.25) is 5.95 Å². The second kappa shape index (κ2) is 10.5. The van der Waals surface area contributed by atoms with Gasteiger partial charge in [-0.2, -0.15) is 0 Å². The maximum Gasteiger partial charge on any atom is 0.255 e. The minimum Gasteiger partial charge on any atom is -0.497 e. The van der Waals surface area contributed by atoms with Crippen LogP contribution in [0, 0.1) is 0 Å². The summed E-state index contributed by atoms with van der Waals surface area (Å²) in [7, 11) is 1.54. The Hall–Kier alpha value is -4.33. The van der Waals surface area contributed by atoms with Crippen molar-refractivity contribution in [1.82, 2.24) is 14.9 Å². The van der Waals surface area contributed by atoms with Crippen LogP contribution in [0.1, 0.15) is 21.6 Å². The highest BCUT2D eigenvalue weighted by Crippen LogP contribution is 2.21. The van der Waals surface area contributed by atoms with Crippen LogP contribution in [0.25, 0.3) is 11.3 Å². The molecule has 0 aliphatic heterocycles. The Morgan fingerprint density at radius 2 is 1.94 bits per heavy atom. The number of furan rings is 1. The molecule has 2 heterocycles. The van der Waals surface area contributed by atoms with Gasteiger partial charge in [-0.3, -0.25) is 14.2 Å². The van der Waals surface area contributed by atoms with Gasteiger partial charge in [0.15, 0.2) is 0 Å². The number of aromatic nitrogens is 2. The van der Waals surface area contributed by atoms with Gasteiger partial charge in [-0.15, -0.1) is 0 Å². The number of nitrogen functional groups attached to an aromatic ring is 1. The predicted molar refractivity (Wildman–Crippen MR) is 130 cm³/mol. The molecule has 0 saturated heterocycles. The van der Waals surface area contributed by atoms with Crippen LogP contribution in [0.3, 0.4) is 0 Å². The third-order valence-corrected chi connectivity index (χ3v) is 5.45. The summed E-state index contributed by atoms with van der Waals surface area (Å²) in [5.41, 5.74) is 9.02. The molecule has 2 aromatic heterocycles. The molecule has 3 N–H and O–H groups in total. The van der Waals surface area contributed by atoms with E-state index in [1.807, 2.05) is 30.3 Å². The van der Waals surface area contributed by atoms with Gasteiger partial charge in [0.05, 0.1) is 19.1 Å². The number of anilines is 1. The van der Waals surface area contributed by atoms with Crippen LogP contribution in [0.2, 0.25) is 0 Å². The van der Waals surface area contributed by atoms with E-state index in [0.717, 1.165) is 16.9 Å². The lowest BCUT2D eigenvalue weighted by atomic mass is 10.0. The van der Waals surface area contributed by atoms with E-state index in [1.54, 1.807) is 37.6 Å². The molecular formula is C26H26N4O4. The highest BCUT2D eigenvalue weighted by atomic mass is 16.5. The van der Waals surface area contributed by atoms with Crippen molar-refractivity contribution in [1.29, 1.82) is 0 Å². The Morgan fingerprint density at radius 3 is 2.71 bits per heavy atom. The van der Waals surface area contributed by atoms with E-state index in [1.165, 1.54) is 10.6 Å². The van der Waals surface area contributed by atoms with E-state index in [2.05, 4.69) is 16.4 Å². The topological polar surface area (TPSA) is 112 Å². The van der Waals surface area contributed by atoms with Crippen molar-refractivity contribution in [2.75, 3.05) is 19.4 Å². The second-order valence-electron chi connectivity index (χ2n) is 7.76. The van der Waals surface area contributed by atoms with Gasteiger partial charge in [-0.1, -0.05) is 24.3 Å². The molecular weight excluding hydrogens is 432 g/mol. The molecule has 4 aromatic rings. The number of hydrogen-bond acceptors (Lipinski definition) is 6. The molecule has 0 aliphatic rings. The number of carbonyl (C=O) groups is 1. The Bertz CT molecular complexity index is 1330. The minimum atomic E-state index is -0.258. The summed E-state index contributed by atoms with van der Waals surface area (Å²) in [5.74, 6) is 1.28. The van der Waals surface area contributed by atoms with Gasteiger partial charge in [0.25, 0.3) is 11.5 Å². The number of ether oxygens (including phenoxy) is 1. The second-order valence-corrected chi connectivity index (χ2v) is 7.76. The number of carbonyl (C=O) groups excluding carboxylic acids is 1. The number of nitrogens with two attached hydrogens (primary N) is 1. The van der Waals surface area contributed by atoms with Crippen molar-refractivity contribution in [3.63, 3.8) is 0 Å². The average molecular weight is 459 g/mol. The molecule has 174 valence electrons.